The Kier molecular flexibility index (Phi) is 4.60. The molecular formula is C10H18N2O2S. The van der Waals surface area contributed by atoms with Crippen LogP contribution in [0, 0.1) is 0 Å². The van der Waals surface area contributed by atoms with Gasteiger partial charge in [-0.25, -0.2) is 0 Å². The Morgan fingerprint density at radius 3 is 2.67 bits per heavy atom. The van der Waals surface area contributed by atoms with Gasteiger partial charge in [0.15, 0.2) is 5.82 Å². The molecule has 1 heterocycles. The van der Waals surface area contributed by atoms with Crippen LogP contribution in [0.2, 0.25) is 0 Å². The molecule has 0 fully saturated rings. The molecule has 0 aliphatic carbocycles. The molecule has 0 aliphatic heterocycles. The second-order valence-corrected chi connectivity index (χ2v) is 5.50. The van der Waals surface area contributed by atoms with Gasteiger partial charge < -0.3 is 9.63 Å². The number of aliphatic hydroxyl groups is 1. The number of aliphatic hydroxyl groups excluding tert-OH is 1. The predicted octanol–water partition coefficient (Wildman–Crippen LogP) is 1.98. The number of rotatable bonds is 5. The molecule has 1 aromatic heterocycles. The Morgan fingerprint density at radius 1 is 1.40 bits per heavy atom. The van der Waals surface area contributed by atoms with E-state index in [2.05, 4.69) is 30.9 Å². The Balaban J connectivity index is 2.40. The Labute approximate surface area is 94.5 Å². The summed E-state index contributed by atoms with van der Waals surface area (Å²) in [5.41, 5.74) is -0.0580. The highest BCUT2D eigenvalue weighted by Gasteiger charge is 2.20. The first kappa shape index (κ1) is 12.5. The third-order valence-electron chi connectivity index (χ3n) is 1.81. The molecule has 4 nitrogen and oxygen atoms in total. The second-order valence-electron chi connectivity index (χ2n) is 4.39. The van der Waals surface area contributed by atoms with Gasteiger partial charge >= 0.3 is 0 Å². The molecule has 0 atom stereocenters. The van der Waals surface area contributed by atoms with Gasteiger partial charge in [0.1, 0.15) is 0 Å². The van der Waals surface area contributed by atoms with Crippen LogP contribution in [0.4, 0.5) is 0 Å². The first-order chi connectivity index (χ1) is 7.04. The number of nitrogens with zero attached hydrogens (tertiary/aromatic N) is 2. The van der Waals surface area contributed by atoms with E-state index in [9.17, 15) is 0 Å². The molecule has 86 valence electrons. The molecule has 1 N–H and O–H groups in total. The van der Waals surface area contributed by atoms with Crippen molar-refractivity contribution in [1.82, 2.24) is 10.1 Å². The fraction of sp³-hybridized carbons (Fsp3) is 0.800. The summed E-state index contributed by atoms with van der Waals surface area (Å²) >= 11 is 1.70. The molecule has 0 radical (unpaired) electrons. The summed E-state index contributed by atoms with van der Waals surface area (Å²) in [6.45, 7) is 6.41. The van der Waals surface area contributed by atoms with Crippen molar-refractivity contribution in [3.8, 4) is 0 Å². The zero-order valence-electron chi connectivity index (χ0n) is 9.49. The van der Waals surface area contributed by atoms with Gasteiger partial charge in [0.2, 0.25) is 5.89 Å². The normalized spacial score (nSPS) is 12.0. The van der Waals surface area contributed by atoms with E-state index >= 15 is 0 Å². The van der Waals surface area contributed by atoms with E-state index in [4.69, 9.17) is 9.63 Å². The van der Waals surface area contributed by atoms with E-state index in [-0.39, 0.29) is 12.0 Å². The number of aromatic nitrogens is 2. The first-order valence-corrected chi connectivity index (χ1v) is 6.21. The van der Waals surface area contributed by atoms with Crippen molar-refractivity contribution in [2.24, 2.45) is 0 Å². The molecule has 15 heavy (non-hydrogen) atoms. The molecule has 0 saturated heterocycles. The van der Waals surface area contributed by atoms with Gasteiger partial charge in [-0.05, 0) is 12.2 Å². The van der Waals surface area contributed by atoms with E-state index in [0.29, 0.717) is 5.89 Å². The average molecular weight is 230 g/mol. The smallest absolute Gasteiger partial charge is 0.236 e. The summed E-state index contributed by atoms with van der Waals surface area (Å²) in [6, 6.07) is 0. The van der Waals surface area contributed by atoms with E-state index < -0.39 is 0 Å². The van der Waals surface area contributed by atoms with Crippen LogP contribution in [0.1, 0.15) is 38.9 Å². The van der Waals surface area contributed by atoms with E-state index in [1.54, 1.807) is 11.8 Å². The molecule has 0 saturated carbocycles. The Morgan fingerprint density at radius 2 is 2.13 bits per heavy atom. The van der Waals surface area contributed by atoms with Crippen LogP contribution in [0.5, 0.6) is 0 Å². The van der Waals surface area contributed by atoms with Crippen molar-refractivity contribution in [1.29, 1.82) is 0 Å². The van der Waals surface area contributed by atoms with Crippen molar-refractivity contribution in [3.05, 3.63) is 11.7 Å². The molecule has 0 aromatic carbocycles. The SMILES string of the molecule is CC(C)(C)c1noc(CSCCCO)n1. The Bertz CT molecular complexity index is 294. The predicted molar refractivity (Wildman–Crippen MR) is 60.9 cm³/mol. The van der Waals surface area contributed by atoms with Gasteiger partial charge in [0.05, 0.1) is 5.75 Å². The monoisotopic (exact) mass is 230 g/mol. The third kappa shape index (κ3) is 4.22. The molecule has 5 heteroatoms. The lowest BCUT2D eigenvalue weighted by Gasteiger charge is -2.10. The highest BCUT2D eigenvalue weighted by atomic mass is 32.2. The minimum absolute atomic E-state index is 0.0580. The lowest BCUT2D eigenvalue weighted by Crippen LogP contribution is -2.13. The summed E-state index contributed by atoms with van der Waals surface area (Å²) in [5.74, 6) is 3.07. The van der Waals surface area contributed by atoms with Crippen molar-refractivity contribution in [3.63, 3.8) is 0 Å². The molecule has 0 unspecified atom stereocenters. The van der Waals surface area contributed by atoms with Crippen molar-refractivity contribution in [2.45, 2.75) is 38.4 Å². The molecule has 0 aliphatic rings. The van der Waals surface area contributed by atoms with Crippen LogP contribution < -0.4 is 0 Å². The summed E-state index contributed by atoms with van der Waals surface area (Å²) < 4.78 is 5.13. The largest absolute Gasteiger partial charge is 0.396 e. The van der Waals surface area contributed by atoms with E-state index in [0.717, 1.165) is 23.8 Å². The fourth-order valence-corrected chi connectivity index (χ4v) is 1.71. The van der Waals surface area contributed by atoms with Crippen molar-refractivity contribution >= 4 is 11.8 Å². The molecule has 0 bridgehead atoms. The van der Waals surface area contributed by atoms with Gasteiger partial charge in [-0.2, -0.15) is 16.7 Å². The summed E-state index contributed by atoms with van der Waals surface area (Å²) in [5, 5.41) is 12.5. The number of hydrogen-bond donors (Lipinski definition) is 1. The van der Waals surface area contributed by atoms with Gasteiger partial charge in [-0.3, -0.25) is 0 Å². The lowest BCUT2D eigenvalue weighted by molar-refractivity contribution is 0.296. The number of thioether (sulfide) groups is 1. The molecule has 1 aromatic rings. The van der Waals surface area contributed by atoms with Gasteiger partial charge in [0.25, 0.3) is 0 Å². The van der Waals surface area contributed by atoms with Gasteiger partial charge in [-0.15, -0.1) is 0 Å². The van der Waals surface area contributed by atoms with Crippen LogP contribution >= 0.6 is 11.8 Å². The van der Waals surface area contributed by atoms with Crippen LogP contribution in [0.3, 0.4) is 0 Å². The Hall–Kier alpha value is -0.550. The summed E-state index contributed by atoms with van der Waals surface area (Å²) in [4.78, 5) is 4.32. The van der Waals surface area contributed by atoms with E-state index in [1.165, 1.54) is 0 Å². The zero-order chi connectivity index (χ0) is 11.3. The molecule has 0 spiro atoms. The minimum atomic E-state index is -0.0580. The van der Waals surface area contributed by atoms with Gasteiger partial charge in [0, 0.05) is 12.0 Å². The summed E-state index contributed by atoms with van der Waals surface area (Å²) in [7, 11) is 0. The van der Waals surface area contributed by atoms with Gasteiger partial charge in [-0.1, -0.05) is 25.9 Å². The van der Waals surface area contributed by atoms with E-state index in [1.807, 2.05) is 0 Å². The fourth-order valence-electron chi connectivity index (χ4n) is 0.944. The summed E-state index contributed by atoms with van der Waals surface area (Å²) in [6.07, 6.45) is 0.810. The highest BCUT2D eigenvalue weighted by Crippen LogP contribution is 2.20. The standard InChI is InChI=1S/C10H18N2O2S/c1-10(2,3)9-11-8(14-12-9)7-15-6-4-5-13/h13H,4-7H2,1-3H3. The quantitative estimate of drug-likeness (QED) is 0.784. The van der Waals surface area contributed by atoms with Crippen LogP contribution in [0.15, 0.2) is 4.52 Å². The van der Waals surface area contributed by atoms with Crippen LogP contribution in [-0.4, -0.2) is 27.6 Å². The maximum atomic E-state index is 8.61. The maximum Gasteiger partial charge on any atom is 0.236 e. The third-order valence-corrected chi connectivity index (χ3v) is 2.84. The van der Waals surface area contributed by atoms with Crippen molar-refractivity contribution < 1.29 is 9.63 Å². The minimum Gasteiger partial charge on any atom is -0.396 e. The van der Waals surface area contributed by atoms with Crippen LogP contribution in [0.25, 0.3) is 0 Å². The first-order valence-electron chi connectivity index (χ1n) is 5.05. The lowest BCUT2D eigenvalue weighted by atomic mass is 9.96. The molecular weight excluding hydrogens is 212 g/mol. The molecule has 1 rings (SSSR count). The second kappa shape index (κ2) is 5.51. The zero-order valence-corrected chi connectivity index (χ0v) is 10.3. The highest BCUT2D eigenvalue weighted by molar-refractivity contribution is 7.98. The molecule has 0 amide bonds. The topological polar surface area (TPSA) is 59.2 Å². The van der Waals surface area contributed by atoms with Crippen molar-refractivity contribution in [2.75, 3.05) is 12.4 Å². The number of hydrogen-bond acceptors (Lipinski definition) is 5. The maximum absolute atomic E-state index is 8.61. The average Bonchev–Trinajstić information content (AvgIpc) is 2.60. The van der Waals surface area contributed by atoms with Crippen LogP contribution in [-0.2, 0) is 11.2 Å².